The maximum atomic E-state index is 13.8. The summed E-state index contributed by atoms with van der Waals surface area (Å²) in [6, 6.07) is 13.1. The number of likely N-dealkylation sites (tertiary alicyclic amines) is 1. The lowest BCUT2D eigenvalue weighted by molar-refractivity contribution is -0.128. The van der Waals surface area contributed by atoms with E-state index >= 15 is 0 Å². The smallest absolute Gasteiger partial charge is 0.256 e. The van der Waals surface area contributed by atoms with Crippen molar-refractivity contribution in [3.63, 3.8) is 0 Å². The maximum Gasteiger partial charge on any atom is 0.256 e. The van der Waals surface area contributed by atoms with Crippen LogP contribution < -0.4 is 14.8 Å². The number of piperidine rings is 1. The lowest BCUT2D eigenvalue weighted by atomic mass is 9.96. The summed E-state index contributed by atoms with van der Waals surface area (Å²) in [7, 11) is 3.15. The Labute approximate surface area is 217 Å². The molecular formula is C28H35N3O6. The van der Waals surface area contributed by atoms with E-state index in [1.165, 1.54) is 0 Å². The van der Waals surface area contributed by atoms with Crippen LogP contribution in [0.4, 0.5) is 0 Å². The number of carbonyl (C=O) groups is 3. The minimum atomic E-state index is -0.965. The number of carbonyl (C=O) groups excluding carboxylic acids is 3. The van der Waals surface area contributed by atoms with Crippen LogP contribution in [0.15, 0.2) is 48.5 Å². The highest BCUT2D eigenvalue weighted by molar-refractivity contribution is 5.99. The van der Waals surface area contributed by atoms with Crippen molar-refractivity contribution >= 4 is 17.7 Å². The van der Waals surface area contributed by atoms with Crippen LogP contribution in [0, 0.1) is 5.92 Å². The monoisotopic (exact) mass is 509 g/mol. The molecule has 1 spiro atoms. The van der Waals surface area contributed by atoms with E-state index in [2.05, 4.69) is 5.32 Å². The van der Waals surface area contributed by atoms with Crippen LogP contribution in [0.25, 0.3) is 0 Å². The minimum absolute atomic E-state index is 0.0882. The maximum absolute atomic E-state index is 13.8. The second kappa shape index (κ2) is 11.2. The van der Waals surface area contributed by atoms with E-state index in [0.29, 0.717) is 55.1 Å². The van der Waals surface area contributed by atoms with Crippen LogP contribution in [0.3, 0.4) is 0 Å². The minimum Gasteiger partial charge on any atom is -0.497 e. The molecule has 1 N–H and O–H groups in total. The van der Waals surface area contributed by atoms with Gasteiger partial charge < -0.3 is 24.4 Å². The zero-order chi connectivity index (χ0) is 26.6. The van der Waals surface area contributed by atoms with Gasteiger partial charge in [0.2, 0.25) is 5.91 Å². The topological polar surface area (TPSA) is 97.4 Å². The summed E-state index contributed by atoms with van der Waals surface area (Å²) < 4.78 is 16.7. The highest BCUT2D eigenvalue weighted by atomic mass is 16.5. The Hall–Kier alpha value is -3.59. The molecule has 2 saturated heterocycles. The van der Waals surface area contributed by atoms with Crippen molar-refractivity contribution in [2.24, 2.45) is 5.92 Å². The first-order chi connectivity index (χ1) is 17.8. The van der Waals surface area contributed by atoms with Crippen molar-refractivity contribution in [3.05, 3.63) is 59.7 Å². The molecule has 37 heavy (non-hydrogen) atoms. The van der Waals surface area contributed by atoms with Gasteiger partial charge in [0.15, 0.2) is 0 Å². The Morgan fingerprint density at radius 1 is 0.919 bits per heavy atom. The van der Waals surface area contributed by atoms with Crippen molar-refractivity contribution < 1.29 is 28.6 Å². The lowest BCUT2D eigenvalue weighted by Crippen LogP contribution is -2.60. The number of hydrogen-bond donors (Lipinski definition) is 1. The Balaban J connectivity index is 1.54. The van der Waals surface area contributed by atoms with Crippen LogP contribution in [0.2, 0.25) is 0 Å². The van der Waals surface area contributed by atoms with E-state index in [9.17, 15) is 14.4 Å². The number of amides is 3. The number of benzene rings is 2. The molecule has 2 fully saturated rings. The summed E-state index contributed by atoms with van der Waals surface area (Å²) in [6.45, 7) is 5.45. The largest absolute Gasteiger partial charge is 0.497 e. The van der Waals surface area contributed by atoms with Crippen LogP contribution in [-0.4, -0.2) is 79.7 Å². The van der Waals surface area contributed by atoms with E-state index in [-0.39, 0.29) is 30.2 Å². The van der Waals surface area contributed by atoms with Crippen molar-refractivity contribution in [1.29, 1.82) is 0 Å². The third-order valence-electron chi connectivity index (χ3n) is 6.97. The van der Waals surface area contributed by atoms with Crippen LogP contribution in [0.5, 0.6) is 11.5 Å². The fourth-order valence-corrected chi connectivity index (χ4v) is 4.84. The van der Waals surface area contributed by atoms with Gasteiger partial charge in [0, 0.05) is 43.6 Å². The molecule has 1 atom stereocenters. The van der Waals surface area contributed by atoms with Crippen LogP contribution >= 0.6 is 0 Å². The van der Waals surface area contributed by atoms with E-state index in [0.717, 1.165) is 0 Å². The molecule has 3 amide bonds. The SMILES string of the molecule is COc1ccc(C(=O)N2CCC3(CC2)OC[C@H](C(=O)NCC(C)C)N3C(=O)c2ccc(OC)cc2)cc1. The van der Waals surface area contributed by atoms with E-state index < -0.39 is 11.8 Å². The normalized spacial score (nSPS) is 18.7. The molecule has 0 aromatic heterocycles. The van der Waals surface area contributed by atoms with Gasteiger partial charge in [-0.05, 0) is 54.4 Å². The summed E-state index contributed by atoms with van der Waals surface area (Å²) in [5, 5.41) is 2.95. The Morgan fingerprint density at radius 2 is 1.43 bits per heavy atom. The van der Waals surface area contributed by atoms with Crippen molar-refractivity contribution in [2.45, 2.75) is 38.5 Å². The molecule has 0 bridgehead atoms. The predicted octanol–water partition coefficient (Wildman–Crippen LogP) is 2.95. The number of hydrogen-bond acceptors (Lipinski definition) is 6. The molecule has 0 saturated carbocycles. The van der Waals surface area contributed by atoms with Gasteiger partial charge in [-0.2, -0.15) is 0 Å². The number of ether oxygens (including phenoxy) is 3. The second-order valence-electron chi connectivity index (χ2n) is 9.84. The number of methoxy groups -OCH3 is 2. The van der Waals surface area contributed by atoms with Gasteiger partial charge >= 0.3 is 0 Å². The number of nitrogens with one attached hydrogen (secondary N) is 1. The van der Waals surface area contributed by atoms with Gasteiger partial charge in [0.25, 0.3) is 11.8 Å². The zero-order valence-corrected chi connectivity index (χ0v) is 21.9. The van der Waals surface area contributed by atoms with Gasteiger partial charge in [-0.3, -0.25) is 19.3 Å². The van der Waals surface area contributed by atoms with Crippen LogP contribution in [0.1, 0.15) is 47.4 Å². The highest BCUT2D eigenvalue weighted by Gasteiger charge is 2.54. The summed E-state index contributed by atoms with van der Waals surface area (Å²) in [4.78, 5) is 43.4. The summed E-state index contributed by atoms with van der Waals surface area (Å²) in [5.74, 6) is 1.00. The molecule has 9 nitrogen and oxygen atoms in total. The van der Waals surface area contributed by atoms with Crippen molar-refractivity contribution in [2.75, 3.05) is 40.5 Å². The molecule has 2 aliphatic rings. The molecule has 2 aromatic carbocycles. The van der Waals surface area contributed by atoms with E-state index in [4.69, 9.17) is 14.2 Å². The Bertz CT molecular complexity index is 1110. The van der Waals surface area contributed by atoms with Gasteiger partial charge in [0.05, 0.1) is 20.8 Å². The molecule has 4 rings (SSSR count). The predicted molar refractivity (Wildman–Crippen MR) is 138 cm³/mol. The third kappa shape index (κ3) is 5.56. The molecule has 2 aliphatic heterocycles. The van der Waals surface area contributed by atoms with E-state index in [1.807, 2.05) is 13.8 Å². The molecular weight excluding hydrogens is 474 g/mol. The quantitative estimate of drug-likeness (QED) is 0.617. The second-order valence-corrected chi connectivity index (χ2v) is 9.84. The summed E-state index contributed by atoms with van der Waals surface area (Å²) >= 11 is 0. The number of rotatable bonds is 7. The zero-order valence-electron chi connectivity index (χ0n) is 21.9. The van der Waals surface area contributed by atoms with Gasteiger partial charge in [-0.25, -0.2) is 0 Å². The third-order valence-corrected chi connectivity index (χ3v) is 6.97. The van der Waals surface area contributed by atoms with Crippen molar-refractivity contribution in [3.8, 4) is 11.5 Å². The lowest BCUT2D eigenvalue weighted by Gasteiger charge is -2.44. The average molecular weight is 510 g/mol. The first-order valence-corrected chi connectivity index (χ1v) is 12.6. The molecule has 0 aliphatic carbocycles. The molecule has 2 heterocycles. The highest BCUT2D eigenvalue weighted by Crippen LogP contribution is 2.39. The fraction of sp³-hybridized carbons (Fsp3) is 0.464. The van der Waals surface area contributed by atoms with Gasteiger partial charge in [-0.1, -0.05) is 13.8 Å². The van der Waals surface area contributed by atoms with Crippen LogP contribution in [-0.2, 0) is 9.53 Å². The van der Waals surface area contributed by atoms with E-state index in [1.54, 1.807) is 72.6 Å². The summed E-state index contributed by atoms with van der Waals surface area (Å²) in [6.07, 6.45) is 0.815. The van der Waals surface area contributed by atoms with Gasteiger partial charge in [-0.15, -0.1) is 0 Å². The first-order valence-electron chi connectivity index (χ1n) is 12.6. The molecule has 198 valence electrons. The number of nitrogens with zero attached hydrogens (tertiary/aromatic N) is 2. The standard InChI is InChI=1S/C28H35N3O6/c1-19(2)17-29-25(32)24-18-37-28(31(24)27(34)21-7-11-23(36-4)12-8-21)13-15-30(16-14-28)26(33)20-5-9-22(35-3)10-6-20/h5-12,19,24H,13-18H2,1-4H3,(H,29,32)/t24-/m1/s1. The summed E-state index contributed by atoms with van der Waals surface area (Å²) in [5.41, 5.74) is 0.0540. The first kappa shape index (κ1) is 26.5. The van der Waals surface area contributed by atoms with Crippen molar-refractivity contribution in [1.82, 2.24) is 15.1 Å². The van der Waals surface area contributed by atoms with Gasteiger partial charge in [0.1, 0.15) is 23.3 Å². The Morgan fingerprint density at radius 3 is 1.92 bits per heavy atom. The molecule has 0 unspecified atom stereocenters. The molecule has 9 heteroatoms. The Kier molecular flexibility index (Phi) is 8.02. The molecule has 0 radical (unpaired) electrons. The average Bonchev–Trinajstić information content (AvgIpc) is 3.29. The fourth-order valence-electron chi connectivity index (χ4n) is 4.84. The molecule has 2 aromatic rings.